The summed E-state index contributed by atoms with van der Waals surface area (Å²) in [5.41, 5.74) is 0.284. The van der Waals surface area contributed by atoms with Crippen LogP contribution in [0.3, 0.4) is 0 Å². The third kappa shape index (κ3) is 3.16. The number of aromatic nitrogens is 2. The van der Waals surface area contributed by atoms with Crippen molar-refractivity contribution in [1.29, 1.82) is 0 Å². The molecular formula is C18H26ClN3O3. The fraction of sp³-hybridized carbons (Fsp3) is 0.722. The van der Waals surface area contributed by atoms with Gasteiger partial charge in [-0.3, -0.25) is 4.79 Å². The Balaban J connectivity index is 1.73. The molecule has 0 amide bonds. The van der Waals surface area contributed by atoms with Crippen molar-refractivity contribution in [2.45, 2.75) is 59.4 Å². The van der Waals surface area contributed by atoms with E-state index in [1.807, 2.05) is 6.92 Å². The second-order valence-corrected chi connectivity index (χ2v) is 8.35. The van der Waals surface area contributed by atoms with E-state index in [2.05, 4.69) is 31.2 Å². The van der Waals surface area contributed by atoms with Crippen LogP contribution in [0.2, 0.25) is 5.02 Å². The molecule has 2 bridgehead atoms. The van der Waals surface area contributed by atoms with Crippen LogP contribution in [0.5, 0.6) is 0 Å². The van der Waals surface area contributed by atoms with E-state index >= 15 is 0 Å². The van der Waals surface area contributed by atoms with Gasteiger partial charge in [-0.05, 0) is 47.3 Å². The van der Waals surface area contributed by atoms with Crippen LogP contribution in [-0.4, -0.2) is 22.0 Å². The van der Waals surface area contributed by atoms with E-state index in [0.717, 1.165) is 6.42 Å². The van der Waals surface area contributed by atoms with Crippen molar-refractivity contribution in [3.8, 4) is 0 Å². The van der Waals surface area contributed by atoms with Crippen molar-refractivity contribution in [2.75, 3.05) is 5.32 Å². The maximum Gasteiger partial charge on any atom is 0.335 e. The van der Waals surface area contributed by atoms with Crippen LogP contribution in [0.4, 0.5) is 5.69 Å². The molecule has 0 spiro atoms. The summed E-state index contributed by atoms with van der Waals surface area (Å²) in [5.74, 6) is 1.39. The van der Waals surface area contributed by atoms with Crippen molar-refractivity contribution >= 4 is 23.3 Å². The number of halogens is 1. The summed E-state index contributed by atoms with van der Waals surface area (Å²) in [6.07, 6.45) is 4.67. The molecule has 0 aromatic carbocycles. The molecule has 7 heteroatoms. The summed E-state index contributed by atoms with van der Waals surface area (Å²) >= 11 is 6.20. The molecule has 3 aliphatic carbocycles. The molecule has 25 heavy (non-hydrogen) atoms. The second-order valence-electron chi connectivity index (χ2n) is 7.97. The van der Waals surface area contributed by atoms with Crippen LogP contribution < -0.4 is 15.7 Å². The van der Waals surface area contributed by atoms with Gasteiger partial charge in [0.2, 0.25) is 0 Å². The molecule has 138 valence electrons. The molecule has 1 aromatic heterocycles. The van der Waals surface area contributed by atoms with E-state index in [0.29, 0.717) is 40.1 Å². The molecule has 3 aliphatic rings. The number of carbonyl (C=O) groups excluding carboxylic acids is 1. The first-order valence-electron chi connectivity index (χ1n) is 9.01. The Bertz CT molecular complexity index is 731. The van der Waals surface area contributed by atoms with Gasteiger partial charge in [-0.2, -0.15) is 0 Å². The molecule has 3 saturated carbocycles. The first-order valence-corrected chi connectivity index (χ1v) is 9.39. The number of carbonyl (C=O) groups is 1. The molecule has 0 saturated heterocycles. The molecule has 4 atom stereocenters. The predicted molar refractivity (Wildman–Crippen MR) is 96.6 cm³/mol. The average molecular weight is 368 g/mol. The van der Waals surface area contributed by atoms with Gasteiger partial charge in [0, 0.05) is 12.5 Å². The van der Waals surface area contributed by atoms with Crippen LogP contribution in [0, 0.1) is 23.2 Å². The summed E-state index contributed by atoms with van der Waals surface area (Å²) in [5, 5.41) is 7.33. The van der Waals surface area contributed by atoms with Crippen LogP contribution in [0.1, 0.15) is 53.4 Å². The Morgan fingerprint density at radius 1 is 1.48 bits per heavy atom. The van der Waals surface area contributed by atoms with E-state index in [1.54, 1.807) is 0 Å². The zero-order chi connectivity index (χ0) is 18.4. The van der Waals surface area contributed by atoms with E-state index < -0.39 is 11.5 Å². The topological polar surface area (TPSA) is 73.2 Å². The molecule has 3 fully saturated rings. The highest BCUT2D eigenvalue weighted by Crippen LogP contribution is 2.61. The number of fused-ring (bicyclic) bond motifs is 2. The molecule has 4 rings (SSSR count). The first-order chi connectivity index (χ1) is 11.8. The lowest BCUT2D eigenvalue weighted by molar-refractivity contribution is -0.146. The van der Waals surface area contributed by atoms with Crippen molar-refractivity contribution in [1.82, 2.24) is 9.94 Å². The van der Waals surface area contributed by atoms with E-state index in [1.165, 1.54) is 12.6 Å². The predicted octanol–water partition coefficient (Wildman–Crippen LogP) is 3.13. The van der Waals surface area contributed by atoms with Gasteiger partial charge in [-0.1, -0.05) is 39.3 Å². The van der Waals surface area contributed by atoms with Crippen molar-refractivity contribution in [2.24, 2.45) is 23.2 Å². The summed E-state index contributed by atoms with van der Waals surface area (Å²) in [7, 11) is 0. The zero-order valence-electron chi connectivity index (χ0n) is 15.2. The minimum absolute atomic E-state index is 0.00463. The Morgan fingerprint density at radius 2 is 2.20 bits per heavy atom. The standard InChI is InChI=1S/C18H26ClN3O3/c1-5-6-15(23)25-22-17(24)16(19)14(9-20-22)21-13-8-11-7-12(10(13)2)18(11,3)4/h9-13,21H,5-8H2,1-4H3/t10-,11+,12-,13-/m1/s1. The maximum absolute atomic E-state index is 12.3. The van der Waals surface area contributed by atoms with Gasteiger partial charge in [0.05, 0.1) is 11.9 Å². The van der Waals surface area contributed by atoms with Crippen molar-refractivity contribution in [3.05, 3.63) is 21.6 Å². The van der Waals surface area contributed by atoms with Crippen LogP contribution in [0.25, 0.3) is 0 Å². The lowest BCUT2D eigenvalue weighted by Crippen LogP contribution is -2.58. The minimum Gasteiger partial charge on any atom is -0.379 e. The van der Waals surface area contributed by atoms with Gasteiger partial charge in [0.15, 0.2) is 0 Å². The average Bonchev–Trinajstić information content (AvgIpc) is 2.55. The van der Waals surface area contributed by atoms with Gasteiger partial charge >= 0.3 is 11.5 Å². The van der Waals surface area contributed by atoms with Gasteiger partial charge < -0.3 is 10.2 Å². The lowest BCUT2D eigenvalue weighted by atomic mass is 9.45. The first kappa shape index (κ1) is 18.2. The molecule has 0 aliphatic heterocycles. The van der Waals surface area contributed by atoms with Gasteiger partial charge in [0.25, 0.3) is 0 Å². The Hall–Kier alpha value is -1.56. The largest absolute Gasteiger partial charge is 0.379 e. The number of anilines is 1. The van der Waals surface area contributed by atoms with Crippen LogP contribution in [-0.2, 0) is 4.79 Å². The van der Waals surface area contributed by atoms with E-state index in [9.17, 15) is 9.59 Å². The number of hydrogen-bond donors (Lipinski definition) is 1. The highest BCUT2D eigenvalue weighted by Gasteiger charge is 2.56. The smallest absolute Gasteiger partial charge is 0.335 e. The molecule has 0 radical (unpaired) electrons. The number of rotatable bonds is 5. The molecular weight excluding hydrogens is 342 g/mol. The summed E-state index contributed by atoms with van der Waals surface area (Å²) in [4.78, 5) is 29.4. The fourth-order valence-corrected chi connectivity index (χ4v) is 4.65. The maximum atomic E-state index is 12.3. The summed E-state index contributed by atoms with van der Waals surface area (Å²) in [6, 6.07) is 0.272. The van der Waals surface area contributed by atoms with E-state index in [-0.39, 0.29) is 17.5 Å². The Morgan fingerprint density at radius 3 is 2.80 bits per heavy atom. The molecule has 0 unspecified atom stereocenters. The number of nitrogens with one attached hydrogen (secondary N) is 1. The van der Waals surface area contributed by atoms with Crippen LogP contribution in [0.15, 0.2) is 11.0 Å². The molecule has 6 nitrogen and oxygen atoms in total. The van der Waals surface area contributed by atoms with Gasteiger partial charge in [0.1, 0.15) is 5.02 Å². The monoisotopic (exact) mass is 367 g/mol. The zero-order valence-corrected chi connectivity index (χ0v) is 16.0. The third-order valence-electron chi connectivity index (χ3n) is 6.23. The van der Waals surface area contributed by atoms with Gasteiger partial charge in [-0.15, -0.1) is 5.10 Å². The second kappa shape index (κ2) is 6.63. The summed E-state index contributed by atoms with van der Waals surface area (Å²) < 4.78 is 0. The summed E-state index contributed by atoms with van der Waals surface area (Å²) in [6.45, 7) is 8.81. The number of nitrogens with zero attached hydrogens (tertiary/aromatic N) is 2. The minimum atomic E-state index is -0.620. The normalized spacial score (nSPS) is 29.6. The SMILES string of the molecule is CCCC(=O)On1ncc(N[C@@H]2C[C@@H]3C[C@H]([C@H]2C)C3(C)C)c(Cl)c1=O. The Labute approximate surface area is 152 Å². The quantitative estimate of drug-likeness (QED) is 0.865. The highest BCUT2D eigenvalue weighted by molar-refractivity contribution is 6.32. The van der Waals surface area contributed by atoms with E-state index in [4.69, 9.17) is 16.4 Å². The number of hydrogen-bond acceptors (Lipinski definition) is 5. The highest BCUT2D eigenvalue weighted by atomic mass is 35.5. The fourth-order valence-electron chi connectivity index (χ4n) is 4.47. The Kier molecular flexibility index (Phi) is 4.84. The van der Waals surface area contributed by atoms with Crippen LogP contribution >= 0.6 is 11.6 Å². The van der Waals surface area contributed by atoms with Crippen molar-refractivity contribution in [3.63, 3.8) is 0 Å². The molecule has 1 N–H and O–H groups in total. The lowest BCUT2D eigenvalue weighted by Gasteiger charge is -2.62. The third-order valence-corrected chi connectivity index (χ3v) is 6.59. The van der Waals surface area contributed by atoms with Gasteiger partial charge in [-0.25, -0.2) is 4.79 Å². The molecule has 1 aromatic rings. The van der Waals surface area contributed by atoms with Crippen molar-refractivity contribution < 1.29 is 9.63 Å². The molecule has 1 heterocycles.